The molecule has 4 aliphatic carbocycles. The molecule has 2 N–H and O–H groups in total. The van der Waals surface area contributed by atoms with Gasteiger partial charge in [0.2, 0.25) is 0 Å². The van der Waals surface area contributed by atoms with Gasteiger partial charge in [-0.25, -0.2) is 9.59 Å². The first-order valence-corrected chi connectivity index (χ1v) is 13.9. The minimum atomic E-state index is -0.399. The molecule has 6 rings (SSSR count). The van der Waals surface area contributed by atoms with Crippen molar-refractivity contribution in [2.45, 2.75) is 92.3 Å². The van der Waals surface area contributed by atoms with Crippen molar-refractivity contribution < 1.29 is 29.3 Å². The summed E-state index contributed by atoms with van der Waals surface area (Å²) >= 11 is 0. The van der Waals surface area contributed by atoms with Crippen LogP contribution in [0.1, 0.15) is 80.1 Å². The van der Waals surface area contributed by atoms with Crippen molar-refractivity contribution in [1.82, 2.24) is 0 Å². The number of carbonyl (C=O) groups is 2. The van der Waals surface area contributed by atoms with Gasteiger partial charge >= 0.3 is 11.9 Å². The first-order valence-electron chi connectivity index (χ1n) is 13.9. The third-order valence-electron chi connectivity index (χ3n) is 10.4. The summed E-state index contributed by atoms with van der Waals surface area (Å²) in [5.41, 5.74) is 4.56. The molecular formula is C30H44O6. The SMILES string of the molecule is C[C@H]1[C@H]2CC(C)(C)C[C@@H]2C2=C(C[C@@H]1O)C(=O)OC2.C[C@H]1[C@H]2CC(C)(C)C[C@@H]2C2=C(C[C@@H]1O)C(=O)OC2. The molecule has 2 saturated carbocycles. The fraction of sp³-hybridized carbons (Fsp3) is 0.800. The number of aliphatic hydroxyl groups is 2. The van der Waals surface area contributed by atoms with Crippen molar-refractivity contribution in [2.75, 3.05) is 13.2 Å². The van der Waals surface area contributed by atoms with E-state index < -0.39 is 12.2 Å². The number of ether oxygens (including phenoxy) is 2. The molecule has 6 heteroatoms. The monoisotopic (exact) mass is 500 g/mol. The second kappa shape index (κ2) is 8.97. The molecule has 0 saturated heterocycles. The van der Waals surface area contributed by atoms with Gasteiger partial charge in [0.15, 0.2) is 0 Å². The molecule has 36 heavy (non-hydrogen) atoms. The molecule has 2 aliphatic heterocycles. The van der Waals surface area contributed by atoms with E-state index in [-0.39, 0.29) is 23.8 Å². The van der Waals surface area contributed by atoms with Crippen LogP contribution in [0.3, 0.4) is 0 Å². The van der Waals surface area contributed by atoms with Gasteiger partial charge in [-0.05, 0) is 83.2 Å². The number of carbonyl (C=O) groups excluding carboxylic acids is 2. The van der Waals surface area contributed by atoms with Crippen LogP contribution in [0.4, 0.5) is 0 Å². The van der Waals surface area contributed by atoms with Gasteiger partial charge in [-0.15, -0.1) is 0 Å². The van der Waals surface area contributed by atoms with E-state index in [1.54, 1.807) is 0 Å². The minimum absolute atomic E-state index is 0.193. The molecule has 0 aromatic heterocycles. The molecule has 6 aliphatic rings. The van der Waals surface area contributed by atoms with Crippen LogP contribution in [0.2, 0.25) is 0 Å². The lowest BCUT2D eigenvalue weighted by atomic mass is 9.80. The van der Waals surface area contributed by atoms with Gasteiger partial charge in [0.05, 0.1) is 12.2 Å². The van der Waals surface area contributed by atoms with E-state index in [1.165, 1.54) is 11.1 Å². The van der Waals surface area contributed by atoms with Gasteiger partial charge in [0, 0.05) is 24.0 Å². The molecule has 2 fully saturated rings. The summed E-state index contributed by atoms with van der Waals surface area (Å²) < 4.78 is 10.4. The Morgan fingerprint density at radius 1 is 0.667 bits per heavy atom. The topological polar surface area (TPSA) is 93.1 Å². The normalized spacial score (nSPS) is 42.3. The highest BCUT2D eigenvalue weighted by molar-refractivity contribution is 5.92. The molecule has 200 valence electrons. The Hall–Kier alpha value is -1.66. The molecule has 0 bridgehead atoms. The molecule has 0 unspecified atom stereocenters. The maximum absolute atomic E-state index is 11.8. The second-order valence-corrected chi connectivity index (χ2v) is 14.1. The third-order valence-corrected chi connectivity index (χ3v) is 10.4. The molecule has 0 aromatic carbocycles. The van der Waals surface area contributed by atoms with Crippen LogP contribution in [0.25, 0.3) is 0 Å². The smallest absolute Gasteiger partial charge is 0.334 e. The van der Waals surface area contributed by atoms with Crippen LogP contribution in [0.5, 0.6) is 0 Å². The lowest BCUT2D eigenvalue weighted by molar-refractivity contribution is -0.137. The van der Waals surface area contributed by atoms with Gasteiger partial charge in [-0.2, -0.15) is 0 Å². The first-order chi connectivity index (χ1) is 16.8. The quantitative estimate of drug-likeness (QED) is 0.473. The zero-order chi connectivity index (χ0) is 26.2. The summed E-state index contributed by atoms with van der Waals surface area (Å²) in [4.78, 5) is 23.5. The van der Waals surface area contributed by atoms with Crippen LogP contribution in [0, 0.1) is 46.3 Å². The lowest BCUT2D eigenvalue weighted by Crippen LogP contribution is -2.27. The summed E-state index contributed by atoms with van der Waals surface area (Å²) in [5.74, 6) is 2.03. The second-order valence-electron chi connectivity index (χ2n) is 14.1. The maximum atomic E-state index is 11.8. The maximum Gasteiger partial charge on any atom is 0.334 e. The molecule has 0 spiro atoms. The number of hydrogen-bond acceptors (Lipinski definition) is 6. The highest BCUT2D eigenvalue weighted by atomic mass is 16.5. The summed E-state index contributed by atoms with van der Waals surface area (Å²) in [5, 5.41) is 20.6. The van der Waals surface area contributed by atoms with Gasteiger partial charge in [-0.1, -0.05) is 41.5 Å². The largest absolute Gasteiger partial charge is 0.458 e. The van der Waals surface area contributed by atoms with Crippen molar-refractivity contribution in [2.24, 2.45) is 46.3 Å². The van der Waals surface area contributed by atoms with E-state index in [0.717, 1.165) is 36.8 Å². The molecule has 0 radical (unpaired) electrons. The molecule has 0 aromatic rings. The third kappa shape index (κ3) is 4.47. The van der Waals surface area contributed by atoms with Gasteiger partial charge in [0.25, 0.3) is 0 Å². The van der Waals surface area contributed by atoms with Crippen LogP contribution < -0.4 is 0 Å². The highest BCUT2D eigenvalue weighted by Gasteiger charge is 2.50. The number of rotatable bonds is 0. The van der Waals surface area contributed by atoms with Crippen molar-refractivity contribution in [3.8, 4) is 0 Å². The average Bonchev–Trinajstić information content (AvgIpc) is 3.49. The van der Waals surface area contributed by atoms with Crippen molar-refractivity contribution in [1.29, 1.82) is 0 Å². The van der Waals surface area contributed by atoms with E-state index in [2.05, 4.69) is 41.5 Å². The van der Waals surface area contributed by atoms with Gasteiger partial charge < -0.3 is 19.7 Å². The Labute approximate surface area is 215 Å². The number of esters is 2. The van der Waals surface area contributed by atoms with Crippen molar-refractivity contribution >= 4 is 11.9 Å². The number of cyclic esters (lactones) is 2. The molecule has 8 atom stereocenters. The zero-order valence-electron chi connectivity index (χ0n) is 22.8. The zero-order valence-corrected chi connectivity index (χ0v) is 22.8. The summed E-state index contributed by atoms with van der Waals surface area (Å²) in [6, 6.07) is 0. The van der Waals surface area contributed by atoms with Gasteiger partial charge in [0.1, 0.15) is 13.2 Å². The predicted octanol–water partition coefficient (Wildman–Crippen LogP) is 4.59. The Balaban J connectivity index is 0.000000148. The standard InChI is InChI=1S/2C15H22O3/c2*1-8-10-5-15(2,3)6-11(10)12-7-18-14(17)9(12)4-13(8)16/h2*8,10-11,13,16H,4-7H2,1-3H3/t2*8-,10+,11-,13-/m00/s1. The number of hydrogen-bond donors (Lipinski definition) is 2. The number of fused-ring (bicyclic) bond motifs is 4. The number of aliphatic hydroxyl groups excluding tert-OH is 2. The highest BCUT2D eigenvalue weighted by Crippen LogP contribution is 2.56. The molecule has 6 nitrogen and oxygen atoms in total. The Bertz CT molecular complexity index is 923. The summed E-state index contributed by atoms with van der Waals surface area (Å²) in [6.45, 7) is 14.4. The Morgan fingerprint density at radius 3 is 1.39 bits per heavy atom. The van der Waals surface area contributed by atoms with E-state index in [1.807, 2.05) is 0 Å². The summed E-state index contributed by atoms with van der Waals surface area (Å²) in [6.07, 6.45) is 4.69. The van der Waals surface area contributed by atoms with Crippen molar-refractivity contribution in [3.05, 3.63) is 22.3 Å². The minimum Gasteiger partial charge on any atom is -0.458 e. The van der Waals surface area contributed by atoms with Crippen LogP contribution >= 0.6 is 0 Å². The van der Waals surface area contributed by atoms with E-state index in [9.17, 15) is 19.8 Å². The predicted molar refractivity (Wildman–Crippen MR) is 136 cm³/mol. The fourth-order valence-electron chi connectivity index (χ4n) is 8.44. The lowest BCUT2D eigenvalue weighted by Gasteiger charge is -2.27. The first kappa shape index (κ1) is 26.0. The fourth-order valence-corrected chi connectivity index (χ4v) is 8.44. The molecule has 2 heterocycles. The van der Waals surface area contributed by atoms with Crippen LogP contribution in [0.15, 0.2) is 22.3 Å². The summed E-state index contributed by atoms with van der Waals surface area (Å²) in [7, 11) is 0. The van der Waals surface area contributed by atoms with Crippen LogP contribution in [-0.4, -0.2) is 47.6 Å². The molecule has 0 amide bonds. The van der Waals surface area contributed by atoms with Crippen molar-refractivity contribution in [3.63, 3.8) is 0 Å². The van der Waals surface area contributed by atoms with E-state index >= 15 is 0 Å². The van der Waals surface area contributed by atoms with Crippen LogP contribution in [-0.2, 0) is 19.1 Å². The Morgan fingerprint density at radius 2 is 1.03 bits per heavy atom. The van der Waals surface area contributed by atoms with Gasteiger partial charge in [-0.3, -0.25) is 0 Å². The van der Waals surface area contributed by atoms with E-state index in [0.29, 0.717) is 60.6 Å². The Kier molecular flexibility index (Phi) is 6.47. The van der Waals surface area contributed by atoms with E-state index in [4.69, 9.17) is 9.47 Å². The average molecular weight is 501 g/mol. The molecular weight excluding hydrogens is 456 g/mol.